The molecular formula is C4H7IO. The molecule has 0 aliphatic heterocycles. The summed E-state index contributed by atoms with van der Waals surface area (Å²) in [5.74, 6) is 0. The Balaban J connectivity index is 3.03. The van der Waals surface area contributed by atoms with Crippen LogP contribution in [0.2, 0.25) is 0 Å². The Bertz CT molecular complexity index is 49.5. The average Bonchev–Trinajstić information content (AvgIpc) is 1.35. The highest BCUT2D eigenvalue weighted by Crippen LogP contribution is 1.87. The van der Waals surface area contributed by atoms with Crippen molar-refractivity contribution in [3.8, 4) is 0 Å². The molecule has 0 fully saturated rings. The number of hydrogen-bond acceptors (Lipinski definition) is 1. The van der Waals surface area contributed by atoms with Gasteiger partial charge in [-0.3, -0.25) is 0 Å². The van der Waals surface area contributed by atoms with Gasteiger partial charge < -0.3 is 5.11 Å². The molecule has 1 N–H and O–H groups in total. The molecule has 0 amide bonds. The van der Waals surface area contributed by atoms with Gasteiger partial charge >= 0.3 is 0 Å². The number of rotatable bonds is 1. The van der Waals surface area contributed by atoms with Crippen molar-refractivity contribution in [1.82, 2.24) is 0 Å². The largest absolute Gasteiger partial charge is 0.389 e. The molecule has 0 aromatic heterocycles. The molecular weight excluding hydrogens is 191 g/mol. The maximum Gasteiger partial charge on any atom is 0.0700 e. The van der Waals surface area contributed by atoms with Gasteiger partial charge in [0.15, 0.2) is 0 Å². The Kier molecular flexibility index (Phi) is 3.87. The summed E-state index contributed by atoms with van der Waals surface area (Å²) in [5, 5.41) is 8.46. The van der Waals surface area contributed by atoms with Gasteiger partial charge in [0, 0.05) is 0 Å². The third-order valence-electron chi connectivity index (χ3n) is 0.351. The molecule has 0 spiro atoms. The number of halogens is 1. The van der Waals surface area contributed by atoms with Crippen LogP contribution >= 0.6 is 22.6 Å². The van der Waals surface area contributed by atoms with Gasteiger partial charge in [0.05, 0.1) is 6.10 Å². The first-order valence-corrected chi connectivity index (χ1v) is 2.97. The molecule has 6 heavy (non-hydrogen) atoms. The van der Waals surface area contributed by atoms with E-state index in [1.807, 2.05) is 0 Å². The molecule has 0 aliphatic rings. The fourth-order valence-corrected chi connectivity index (χ4v) is 0.706. The van der Waals surface area contributed by atoms with Crippen LogP contribution in [0.1, 0.15) is 6.92 Å². The maximum atomic E-state index is 8.46. The lowest BCUT2D eigenvalue weighted by molar-refractivity contribution is 0.244. The van der Waals surface area contributed by atoms with E-state index >= 15 is 0 Å². The number of hydrogen-bond donors (Lipinski definition) is 1. The average molecular weight is 198 g/mol. The van der Waals surface area contributed by atoms with Crippen LogP contribution in [0.4, 0.5) is 0 Å². The van der Waals surface area contributed by atoms with Crippen molar-refractivity contribution < 1.29 is 5.11 Å². The SMILES string of the molecule is CC(O)/C=C\I. The first kappa shape index (κ1) is 6.43. The second-order valence-electron chi connectivity index (χ2n) is 1.06. The molecule has 0 bridgehead atoms. The quantitative estimate of drug-likeness (QED) is 0.630. The maximum absolute atomic E-state index is 8.46. The fourth-order valence-electron chi connectivity index (χ4n) is 0.105. The van der Waals surface area contributed by atoms with Crippen LogP contribution < -0.4 is 0 Å². The standard InChI is InChI=1S/C4H7IO/c1-4(6)2-3-5/h2-4,6H,1H3/b3-2-. The summed E-state index contributed by atoms with van der Waals surface area (Å²) in [4.78, 5) is 0. The highest BCUT2D eigenvalue weighted by molar-refractivity contribution is 14.1. The molecule has 0 aliphatic carbocycles. The second kappa shape index (κ2) is 3.61. The third-order valence-corrected chi connectivity index (χ3v) is 0.766. The van der Waals surface area contributed by atoms with E-state index < -0.39 is 0 Å². The Morgan fingerprint density at radius 2 is 2.33 bits per heavy atom. The van der Waals surface area contributed by atoms with Gasteiger partial charge in [0.25, 0.3) is 0 Å². The number of aliphatic hydroxyl groups excluding tert-OH is 1. The molecule has 1 atom stereocenters. The Morgan fingerprint density at radius 1 is 1.83 bits per heavy atom. The molecule has 0 radical (unpaired) electrons. The van der Waals surface area contributed by atoms with E-state index in [0.717, 1.165) is 0 Å². The molecule has 0 saturated carbocycles. The van der Waals surface area contributed by atoms with Crippen LogP contribution in [0, 0.1) is 0 Å². The minimum Gasteiger partial charge on any atom is -0.389 e. The summed E-state index contributed by atoms with van der Waals surface area (Å²) in [7, 11) is 0. The summed E-state index contributed by atoms with van der Waals surface area (Å²) >= 11 is 2.06. The zero-order valence-electron chi connectivity index (χ0n) is 3.56. The van der Waals surface area contributed by atoms with Gasteiger partial charge in [-0.25, -0.2) is 0 Å². The van der Waals surface area contributed by atoms with E-state index in [1.165, 1.54) is 0 Å². The van der Waals surface area contributed by atoms with Crippen LogP contribution in [-0.4, -0.2) is 11.2 Å². The third kappa shape index (κ3) is 4.43. The molecule has 36 valence electrons. The van der Waals surface area contributed by atoms with Crippen molar-refractivity contribution in [2.24, 2.45) is 0 Å². The van der Waals surface area contributed by atoms with Crippen molar-refractivity contribution in [3.05, 3.63) is 10.2 Å². The first-order chi connectivity index (χ1) is 2.77. The summed E-state index contributed by atoms with van der Waals surface area (Å²) in [6.45, 7) is 1.72. The Morgan fingerprint density at radius 3 is 2.33 bits per heavy atom. The first-order valence-electron chi connectivity index (χ1n) is 1.72. The van der Waals surface area contributed by atoms with E-state index in [1.54, 1.807) is 17.1 Å². The summed E-state index contributed by atoms with van der Waals surface area (Å²) in [6, 6.07) is 0. The Hall–Kier alpha value is 0.430. The summed E-state index contributed by atoms with van der Waals surface area (Å²) in [6.07, 6.45) is 1.42. The van der Waals surface area contributed by atoms with Gasteiger partial charge in [-0.1, -0.05) is 28.7 Å². The normalized spacial score (nSPS) is 15.8. The molecule has 2 heteroatoms. The van der Waals surface area contributed by atoms with E-state index in [0.29, 0.717) is 0 Å². The van der Waals surface area contributed by atoms with E-state index in [9.17, 15) is 0 Å². The lowest BCUT2D eigenvalue weighted by Crippen LogP contribution is -1.89. The number of aliphatic hydroxyl groups is 1. The van der Waals surface area contributed by atoms with Crippen molar-refractivity contribution in [2.45, 2.75) is 13.0 Å². The lowest BCUT2D eigenvalue weighted by Gasteiger charge is -1.86. The molecule has 0 rings (SSSR count). The zero-order chi connectivity index (χ0) is 4.99. The van der Waals surface area contributed by atoms with Crippen molar-refractivity contribution in [1.29, 1.82) is 0 Å². The lowest BCUT2D eigenvalue weighted by atomic mass is 10.4. The molecule has 0 aromatic rings. The van der Waals surface area contributed by atoms with Crippen LogP contribution in [-0.2, 0) is 0 Å². The van der Waals surface area contributed by atoms with E-state index in [4.69, 9.17) is 5.11 Å². The van der Waals surface area contributed by atoms with E-state index in [-0.39, 0.29) is 6.10 Å². The predicted octanol–water partition coefficient (Wildman–Crippen LogP) is 1.32. The van der Waals surface area contributed by atoms with Crippen molar-refractivity contribution in [2.75, 3.05) is 0 Å². The topological polar surface area (TPSA) is 20.2 Å². The summed E-state index contributed by atoms with van der Waals surface area (Å²) < 4.78 is 1.79. The van der Waals surface area contributed by atoms with Crippen LogP contribution in [0.5, 0.6) is 0 Å². The van der Waals surface area contributed by atoms with Crippen LogP contribution in [0.25, 0.3) is 0 Å². The minimum atomic E-state index is -0.290. The van der Waals surface area contributed by atoms with Gasteiger partial charge in [0.2, 0.25) is 0 Å². The zero-order valence-corrected chi connectivity index (χ0v) is 5.71. The molecule has 1 nitrogen and oxygen atoms in total. The second-order valence-corrected chi connectivity index (χ2v) is 1.78. The molecule has 0 aromatic carbocycles. The van der Waals surface area contributed by atoms with Crippen molar-refractivity contribution >= 4 is 22.6 Å². The van der Waals surface area contributed by atoms with Gasteiger partial charge in [0.1, 0.15) is 0 Å². The minimum absolute atomic E-state index is 0.290. The predicted molar refractivity (Wildman–Crippen MR) is 34.8 cm³/mol. The summed E-state index contributed by atoms with van der Waals surface area (Å²) in [5.41, 5.74) is 0. The van der Waals surface area contributed by atoms with Gasteiger partial charge in [-0.05, 0) is 11.0 Å². The molecule has 0 heterocycles. The van der Waals surface area contributed by atoms with Crippen LogP contribution in [0.3, 0.4) is 0 Å². The van der Waals surface area contributed by atoms with Gasteiger partial charge in [-0.15, -0.1) is 0 Å². The smallest absolute Gasteiger partial charge is 0.0700 e. The Labute approximate surface area is 51.2 Å². The van der Waals surface area contributed by atoms with Crippen molar-refractivity contribution in [3.63, 3.8) is 0 Å². The fraction of sp³-hybridized carbons (Fsp3) is 0.500. The molecule has 0 saturated heterocycles. The van der Waals surface area contributed by atoms with Crippen LogP contribution in [0.15, 0.2) is 10.2 Å². The molecule has 1 unspecified atom stereocenters. The van der Waals surface area contributed by atoms with Gasteiger partial charge in [-0.2, -0.15) is 0 Å². The highest BCUT2D eigenvalue weighted by Gasteiger charge is 1.78. The monoisotopic (exact) mass is 198 g/mol. The highest BCUT2D eigenvalue weighted by atomic mass is 127. The van der Waals surface area contributed by atoms with E-state index in [2.05, 4.69) is 22.6 Å².